The van der Waals surface area contributed by atoms with E-state index in [2.05, 4.69) is 64.5 Å². The summed E-state index contributed by atoms with van der Waals surface area (Å²) in [7, 11) is 4.34. The van der Waals surface area contributed by atoms with Gasteiger partial charge in [-0.2, -0.15) is 0 Å². The summed E-state index contributed by atoms with van der Waals surface area (Å²) in [5.41, 5.74) is 1.72. The molecule has 0 aliphatic carbocycles. The van der Waals surface area contributed by atoms with Crippen LogP contribution in [0.25, 0.3) is 0 Å². The molecule has 0 spiro atoms. The first-order chi connectivity index (χ1) is 8.63. The highest BCUT2D eigenvalue weighted by Crippen LogP contribution is 2.25. The maximum absolute atomic E-state index is 3.58. The number of nitrogens with zero attached hydrogens (tertiary/aromatic N) is 1. The van der Waals surface area contributed by atoms with Crippen LogP contribution in [0.3, 0.4) is 0 Å². The van der Waals surface area contributed by atoms with E-state index >= 15 is 0 Å². The molecule has 0 radical (unpaired) electrons. The van der Waals surface area contributed by atoms with Gasteiger partial charge in [0.1, 0.15) is 0 Å². The Hall–Kier alpha value is -0.380. The highest BCUT2D eigenvalue weighted by Gasteiger charge is 2.32. The van der Waals surface area contributed by atoms with Crippen LogP contribution in [-0.2, 0) is 6.42 Å². The molecule has 3 heteroatoms. The Morgan fingerprint density at radius 3 is 2.94 bits per heavy atom. The van der Waals surface area contributed by atoms with E-state index in [1.807, 2.05) is 0 Å². The normalized spacial score (nSPS) is 25.3. The van der Waals surface area contributed by atoms with Gasteiger partial charge in [0.25, 0.3) is 0 Å². The molecule has 0 bridgehead atoms. The lowest BCUT2D eigenvalue weighted by atomic mass is 9.84. The SMILES string of the molecule is CNC1(CCc2cccc(Br)c2)CCCN(C)C1. The number of hydrogen-bond acceptors (Lipinski definition) is 2. The Labute approximate surface area is 119 Å². The summed E-state index contributed by atoms with van der Waals surface area (Å²) in [6.07, 6.45) is 4.95. The highest BCUT2D eigenvalue weighted by atomic mass is 79.9. The van der Waals surface area contributed by atoms with Crippen molar-refractivity contribution in [3.8, 4) is 0 Å². The molecule has 1 aromatic carbocycles. The maximum Gasteiger partial charge on any atom is 0.0309 e. The smallest absolute Gasteiger partial charge is 0.0309 e. The van der Waals surface area contributed by atoms with Crippen molar-refractivity contribution in [2.24, 2.45) is 0 Å². The lowest BCUT2D eigenvalue weighted by Gasteiger charge is -2.41. The number of nitrogens with one attached hydrogen (secondary N) is 1. The number of likely N-dealkylation sites (N-methyl/N-ethyl adjacent to an activating group) is 2. The number of likely N-dealkylation sites (tertiary alicyclic amines) is 1. The van der Waals surface area contributed by atoms with Crippen LogP contribution in [0.4, 0.5) is 0 Å². The van der Waals surface area contributed by atoms with Crippen LogP contribution in [0.1, 0.15) is 24.8 Å². The first-order valence-electron chi connectivity index (χ1n) is 6.75. The molecule has 1 aliphatic heterocycles. The highest BCUT2D eigenvalue weighted by molar-refractivity contribution is 9.10. The van der Waals surface area contributed by atoms with E-state index in [9.17, 15) is 0 Å². The van der Waals surface area contributed by atoms with E-state index in [4.69, 9.17) is 0 Å². The second-order valence-corrected chi connectivity index (χ2v) is 6.42. The topological polar surface area (TPSA) is 15.3 Å². The zero-order chi connectivity index (χ0) is 13.0. The van der Waals surface area contributed by atoms with Crippen molar-refractivity contribution < 1.29 is 0 Å². The van der Waals surface area contributed by atoms with Gasteiger partial charge in [-0.15, -0.1) is 0 Å². The van der Waals surface area contributed by atoms with Gasteiger partial charge < -0.3 is 10.2 Å². The van der Waals surface area contributed by atoms with Gasteiger partial charge in [0.15, 0.2) is 0 Å². The van der Waals surface area contributed by atoms with Gasteiger partial charge in [0.2, 0.25) is 0 Å². The van der Waals surface area contributed by atoms with Gasteiger partial charge in [-0.1, -0.05) is 28.1 Å². The van der Waals surface area contributed by atoms with Crippen LogP contribution < -0.4 is 5.32 Å². The van der Waals surface area contributed by atoms with Crippen LogP contribution in [0.15, 0.2) is 28.7 Å². The monoisotopic (exact) mass is 310 g/mol. The van der Waals surface area contributed by atoms with Crippen LogP contribution in [-0.4, -0.2) is 37.6 Å². The fourth-order valence-electron chi connectivity index (χ4n) is 2.97. The van der Waals surface area contributed by atoms with E-state index in [0.29, 0.717) is 5.54 Å². The molecule has 1 saturated heterocycles. The average Bonchev–Trinajstić information content (AvgIpc) is 2.37. The third-order valence-corrected chi connectivity index (χ3v) is 4.57. The number of aryl methyl sites for hydroxylation is 1. The van der Waals surface area contributed by atoms with Crippen molar-refractivity contribution in [3.05, 3.63) is 34.3 Å². The van der Waals surface area contributed by atoms with Gasteiger partial charge in [0.05, 0.1) is 0 Å². The van der Waals surface area contributed by atoms with Crippen LogP contribution in [0.2, 0.25) is 0 Å². The molecule has 1 atom stereocenters. The van der Waals surface area contributed by atoms with Crippen molar-refractivity contribution >= 4 is 15.9 Å². The first-order valence-corrected chi connectivity index (χ1v) is 7.55. The number of halogens is 1. The number of piperidine rings is 1. The molecular weight excluding hydrogens is 288 g/mol. The summed E-state index contributed by atoms with van der Waals surface area (Å²) in [5.74, 6) is 0. The molecule has 1 fully saturated rings. The number of hydrogen-bond donors (Lipinski definition) is 1. The fraction of sp³-hybridized carbons (Fsp3) is 0.600. The van der Waals surface area contributed by atoms with Crippen molar-refractivity contribution in [2.45, 2.75) is 31.2 Å². The molecule has 0 saturated carbocycles. The van der Waals surface area contributed by atoms with E-state index in [1.165, 1.54) is 35.8 Å². The predicted octanol–water partition coefficient (Wildman–Crippen LogP) is 3.07. The molecular formula is C15H23BrN2. The minimum Gasteiger partial charge on any atom is -0.313 e. The molecule has 1 unspecified atom stereocenters. The summed E-state index contributed by atoms with van der Waals surface area (Å²) < 4.78 is 1.18. The van der Waals surface area contributed by atoms with E-state index in [0.717, 1.165) is 13.0 Å². The van der Waals surface area contributed by atoms with Gasteiger partial charge in [-0.25, -0.2) is 0 Å². The summed E-state index contributed by atoms with van der Waals surface area (Å²) in [4.78, 5) is 2.45. The second kappa shape index (κ2) is 6.18. The molecule has 1 N–H and O–H groups in total. The third-order valence-electron chi connectivity index (χ3n) is 4.08. The minimum absolute atomic E-state index is 0.301. The maximum atomic E-state index is 3.58. The van der Waals surface area contributed by atoms with Gasteiger partial charge >= 0.3 is 0 Å². The van der Waals surface area contributed by atoms with Crippen molar-refractivity contribution in [2.75, 3.05) is 27.2 Å². The lowest BCUT2D eigenvalue weighted by molar-refractivity contribution is 0.143. The Morgan fingerprint density at radius 2 is 2.28 bits per heavy atom. The standard InChI is InChI=1S/C15H23BrN2/c1-17-15(8-4-10-18(2)12-15)9-7-13-5-3-6-14(16)11-13/h3,5-6,11,17H,4,7-10,12H2,1-2H3. The molecule has 1 heterocycles. The van der Waals surface area contributed by atoms with Crippen LogP contribution in [0, 0.1) is 0 Å². The number of benzene rings is 1. The molecule has 100 valence electrons. The molecule has 1 aliphatic rings. The van der Waals surface area contributed by atoms with Crippen molar-refractivity contribution in [3.63, 3.8) is 0 Å². The zero-order valence-electron chi connectivity index (χ0n) is 11.4. The second-order valence-electron chi connectivity index (χ2n) is 5.50. The van der Waals surface area contributed by atoms with Gasteiger partial charge in [-0.3, -0.25) is 0 Å². The minimum atomic E-state index is 0.301. The Kier molecular flexibility index (Phi) is 4.82. The van der Waals surface area contributed by atoms with Gasteiger partial charge in [-0.05, 0) is 64.0 Å². The van der Waals surface area contributed by atoms with Gasteiger partial charge in [0, 0.05) is 16.6 Å². The molecule has 18 heavy (non-hydrogen) atoms. The average molecular weight is 311 g/mol. The predicted molar refractivity (Wildman–Crippen MR) is 81.0 cm³/mol. The Bertz CT molecular complexity index is 394. The first kappa shape index (κ1) is 14.0. The van der Waals surface area contributed by atoms with Crippen molar-refractivity contribution in [1.82, 2.24) is 10.2 Å². The zero-order valence-corrected chi connectivity index (χ0v) is 13.0. The molecule has 2 rings (SSSR count). The van der Waals surface area contributed by atoms with E-state index < -0.39 is 0 Å². The molecule has 1 aromatic rings. The Balaban J connectivity index is 1.98. The molecule has 0 amide bonds. The summed E-state index contributed by atoms with van der Waals surface area (Å²) >= 11 is 3.54. The lowest BCUT2D eigenvalue weighted by Crippen LogP contribution is -2.55. The summed E-state index contributed by atoms with van der Waals surface area (Å²) in [6.45, 7) is 2.40. The largest absolute Gasteiger partial charge is 0.313 e. The fourth-order valence-corrected chi connectivity index (χ4v) is 3.42. The quantitative estimate of drug-likeness (QED) is 0.919. The van der Waals surface area contributed by atoms with Crippen LogP contribution in [0.5, 0.6) is 0 Å². The molecule has 0 aromatic heterocycles. The molecule has 2 nitrogen and oxygen atoms in total. The van der Waals surface area contributed by atoms with E-state index in [-0.39, 0.29) is 0 Å². The van der Waals surface area contributed by atoms with Crippen LogP contribution >= 0.6 is 15.9 Å². The summed E-state index contributed by atoms with van der Waals surface area (Å²) in [5, 5.41) is 3.58. The van der Waals surface area contributed by atoms with E-state index in [1.54, 1.807) is 0 Å². The third kappa shape index (κ3) is 3.56. The van der Waals surface area contributed by atoms with Crippen molar-refractivity contribution in [1.29, 1.82) is 0 Å². The Morgan fingerprint density at radius 1 is 1.44 bits per heavy atom. The summed E-state index contributed by atoms with van der Waals surface area (Å²) in [6, 6.07) is 8.67. The number of rotatable bonds is 4.